The fraction of sp³-hybridized carbons (Fsp3) is 0.472. The third-order valence-corrected chi connectivity index (χ3v) is 12.1. The highest BCUT2D eigenvalue weighted by molar-refractivity contribution is 8.02. The maximum Gasteiger partial charge on any atom is 0.251 e. The van der Waals surface area contributed by atoms with E-state index < -0.39 is 33.4 Å². The zero-order chi connectivity index (χ0) is 33.4. The zero-order valence-corrected chi connectivity index (χ0v) is 28.6. The topological polar surface area (TPSA) is 90.4 Å². The lowest BCUT2D eigenvalue weighted by molar-refractivity contribution is -0.143. The number of likely N-dealkylation sites (tertiary alicyclic amines) is 1. The number of fused-ring (bicyclic) bond motifs is 1. The van der Waals surface area contributed by atoms with Crippen LogP contribution in [0.25, 0.3) is 0 Å². The lowest BCUT2D eigenvalue weighted by atomic mass is 9.66. The summed E-state index contributed by atoms with van der Waals surface area (Å²) in [5.41, 5.74) is 1.20. The Balaban J connectivity index is 1.62. The van der Waals surface area contributed by atoms with Crippen molar-refractivity contribution in [2.45, 2.75) is 62.1 Å². The summed E-state index contributed by atoms with van der Waals surface area (Å²) >= 11 is 8.22. The standard InChI is InChI=1S/C36H44ClN3O5S/c1-7-20-38(24-14-16-25(17-15-24)45-9-3)32(42)29-30-33(43)40(28(22-41)23(4)5)31(36(30)19-18-35(29,6)46-36)34(44)39(21-8-2)27-13-11-10-12-26(27)37/h7-8,10-17,23,28-31,41H,1-2,9,18-22H2,3-6H3/t28-,29-,30-,31?,35+,36?/m0/s1. The molecule has 3 amide bonds. The molecular formula is C36H44ClN3O5S. The van der Waals surface area contributed by atoms with E-state index in [0.29, 0.717) is 41.6 Å². The van der Waals surface area contributed by atoms with Gasteiger partial charge in [0.25, 0.3) is 5.91 Å². The van der Waals surface area contributed by atoms with Crippen LogP contribution in [0.15, 0.2) is 73.8 Å². The minimum atomic E-state index is -0.913. The molecule has 1 N–H and O–H groups in total. The molecule has 3 aliphatic heterocycles. The molecule has 3 aliphatic rings. The van der Waals surface area contributed by atoms with Crippen molar-refractivity contribution in [1.82, 2.24) is 4.90 Å². The predicted octanol–water partition coefficient (Wildman–Crippen LogP) is 5.98. The minimum Gasteiger partial charge on any atom is -0.494 e. The van der Waals surface area contributed by atoms with Crippen LogP contribution in [0.5, 0.6) is 5.75 Å². The number of rotatable bonds is 13. The van der Waals surface area contributed by atoms with Gasteiger partial charge in [0.2, 0.25) is 11.8 Å². The number of aliphatic hydroxyl groups excluding tert-OH is 1. The first-order chi connectivity index (χ1) is 22.0. The first-order valence-corrected chi connectivity index (χ1v) is 17.1. The molecule has 1 spiro atoms. The van der Waals surface area contributed by atoms with E-state index in [-0.39, 0.29) is 43.3 Å². The molecule has 3 heterocycles. The van der Waals surface area contributed by atoms with Crippen LogP contribution in [0.1, 0.15) is 40.5 Å². The lowest BCUT2D eigenvalue weighted by Crippen LogP contribution is -2.58. The number of hydrogen-bond acceptors (Lipinski definition) is 6. The van der Waals surface area contributed by atoms with Crippen LogP contribution in [-0.2, 0) is 14.4 Å². The quantitative estimate of drug-likeness (QED) is 0.265. The highest BCUT2D eigenvalue weighted by atomic mass is 35.5. The minimum absolute atomic E-state index is 0.138. The van der Waals surface area contributed by atoms with Crippen molar-refractivity contribution in [2.75, 3.05) is 36.1 Å². The van der Waals surface area contributed by atoms with Crippen molar-refractivity contribution in [3.63, 3.8) is 0 Å². The average molecular weight is 666 g/mol. The molecule has 10 heteroatoms. The Labute approximate surface area is 281 Å². The van der Waals surface area contributed by atoms with Crippen LogP contribution in [0.3, 0.4) is 0 Å². The first kappa shape index (κ1) is 34.1. The fourth-order valence-corrected chi connectivity index (χ4v) is 10.3. The van der Waals surface area contributed by atoms with Gasteiger partial charge >= 0.3 is 0 Å². The Morgan fingerprint density at radius 1 is 1.09 bits per heavy atom. The van der Waals surface area contributed by atoms with E-state index in [4.69, 9.17) is 16.3 Å². The largest absolute Gasteiger partial charge is 0.494 e. The van der Waals surface area contributed by atoms with Gasteiger partial charge in [-0.05, 0) is 69.0 Å². The van der Waals surface area contributed by atoms with E-state index in [2.05, 4.69) is 20.1 Å². The van der Waals surface area contributed by atoms with E-state index >= 15 is 0 Å². The van der Waals surface area contributed by atoms with Gasteiger partial charge in [-0.2, -0.15) is 0 Å². The zero-order valence-electron chi connectivity index (χ0n) is 27.0. The Hall–Kier alpha value is -3.27. The van der Waals surface area contributed by atoms with Crippen molar-refractivity contribution >= 4 is 52.5 Å². The second-order valence-corrected chi connectivity index (χ2v) is 15.1. The number of anilines is 2. The second-order valence-electron chi connectivity index (χ2n) is 12.8. The van der Waals surface area contributed by atoms with E-state index in [1.165, 1.54) is 0 Å². The second kappa shape index (κ2) is 13.5. The van der Waals surface area contributed by atoms with E-state index in [0.717, 1.165) is 0 Å². The molecule has 0 aliphatic carbocycles. The molecular weight excluding hydrogens is 622 g/mol. The summed E-state index contributed by atoms with van der Waals surface area (Å²) < 4.78 is 4.17. The van der Waals surface area contributed by atoms with E-state index in [9.17, 15) is 19.5 Å². The third kappa shape index (κ3) is 5.54. The van der Waals surface area contributed by atoms with Crippen LogP contribution >= 0.6 is 23.4 Å². The Morgan fingerprint density at radius 3 is 2.33 bits per heavy atom. The Morgan fingerprint density at radius 2 is 1.74 bits per heavy atom. The number of para-hydroxylation sites is 1. The van der Waals surface area contributed by atoms with Crippen molar-refractivity contribution in [3.05, 3.63) is 78.9 Å². The molecule has 0 radical (unpaired) electrons. The number of carbonyl (C=O) groups excluding carboxylic acids is 3. The van der Waals surface area contributed by atoms with Crippen LogP contribution < -0.4 is 14.5 Å². The van der Waals surface area contributed by atoms with Gasteiger partial charge in [-0.25, -0.2) is 0 Å². The van der Waals surface area contributed by atoms with Gasteiger partial charge in [0.15, 0.2) is 0 Å². The molecule has 5 rings (SSSR count). The van der Waals surface area contributed by atoms with Crippen LogP contribution in [0.2, 0.25) is 5.02 Å². The van der Waals surface area contributed by atoms with Gasteiger partial charge in [-0.3, -0.25) is 14.4 Å². The summed E-state index contributed by atoms with van der Waals surface area (Å²) in [7, 11) is 0. The summed E-state index contributed by atoms with van der Waals surface area (Å²) in [5.74, 6) is -1.60. The molecule has 6 atom stereocenters. The van der Waals surface area contributed by atoms with Gasteiger partial charge in [-0.1, -0.05) is 49.7 Å². The third-order valence-electron chi connectivity index (χ3n) is 9.79. The number of ether oxygens (including phenoxy) is 1. The molecule has 246 valence electrons. The van der Waals surface area contributed by atoms with Crippen molar-refractivity contribution < 1.29 is 24.2 Å². The van der Waals surface area contributed by atoms with Crippen LogP contribution in [-0.4, -0.2) is 75.6 Å². The van der Waals surface area contributed by atoms with Crippen LogP contribution in [0.4, 0.5) is 11.4 Å². The van der Waals surface area contributed by atoms with Crippen molar-refractivity contribution in [3.8, 4) is 5.75 Å². The number of aliphatic hydroxyl groups is 1. The Bertz CT molecular complexity index is 1500. The number of nitrogens with zero attached hydrogens (tertiary/aromatic N) is 3. The molecule has 3 fully saturated rings. The normalized spacial score (nSPS) is 27.0. The molecule has 8 nitrogen and oxygen atoms in total. The van der Waals surface area contributed by atoms with Gasteiger partial charge in [0.1, 0.15) is 11.8 Å². The van der Waals surface area contributed by atoms with Gasteiger partial charge in [0, 0.05) is 23.5 Å². The maximum atomic E-state index is 14.9. The van der Waals surface area contributed by atoms with Crippen LogP contribution in [0, 0.1) is 17.8 Å². The first-order valence-electron chi connectivity index (χ1n) is 15.9. The highest BCUT2D eigenvalue weighted by Gasteiger charge is 2.78. The number of hydrogen-bond donors (Lipinski definition) is 1. The molecule has 0 aromatic heterocycles. The lowest BCUT2D eigenvalue weighted by Gasteiger charge is -2.40. The SMILES string of the molecule is C=CCN(C(=O)[C@@H]1[C@H]2C(=O)N([C@@H](CO)C(C)C)C(C(=O)N(CC=C)c3ccccc3Cl)C23CC[C@@]1(C)S3)c1ccc(OCC)cc1. The number of benzene rings is 2. The summed E-state index contributed by atoms with van der Waals surface area (Å²) in [6.45, 7) is 16.3. The van der Waals surface area contributed by atoms with Crippen molar-refractivity contribution in [2.24, 2.45) is 17.8 Å². The molecule has 2 unspecified atom stereocenters. The smallest absolute Gasteiger partial charge is 0.251 e. The summed E-state index contributed by atoms with van der Waals surface area (Å²) in [6.07, 6.45) is 4.58. The molecule has 46 heavy (non-hydrogen) atoms. The number of carbonyl (C=O) groups is 3. The van der Waals surface area contributed by atoms with Gasteiger partial charge in [-0.15, -0.1) is 24.9 Å². The monoisotopic (exact) mass is 665 g/mol. The van der Waals surface area contributed by atoms with Gasteiger partial charge in [0.05, 0.1) is 46.5 Å². The van der Waals surface area contributed by atoms with Crippen molar-refractivity contribution in [1.29, 1.82) is 0 Å². The summed E-state index contributed by atoms with van der Waals surface area (Å²) in [4.78, 5) is 49.4. The highest BCUT2D eigenvalue weighted by Crippen LogP contribution is 2.72. The number of thioether (sulfide) groups is 1. The Kier molecular flexibility index (Phi) is 9.97. The number of amides is 3. The molecule has 2 aromatic rings. The molecule has 3 saturated heterocycles. The van der Waals surface area contributed by atoms with E-state index in [1.54, 1.807) is 56.8 Å². The summed E-state index contributed by atoms with van der Waals surface area (Å²) in [6, 6.07) is 12.9. The van der Waals surface area contributed by atoms with Gasteiger partial charge < -0.3 is 24.5 Å². The summed E-state index contributed by atoms with van der Waals surface area (Å²) in [5, 5.41) is 11.0. The molecule has 2 aromatic carbocycles. The number of halogens is 1. The fourth-order valence-electron chi connectivity index (χ4n) is 7.76. The molecule has 2 bridgehead atoms. The van der Waals surface area contributed by atoms with E-state index in [1.807, 2.05) is 51.1 Å². The maximum absolute atomic E-state index is 14.9. The average Bonchev–Trinajstić information content (AvgIpc) is 3.60. The predicted molar refractivity (Wildman–Crippen MR) is 185 cm³/mol. The molecule has 0 saturated carbocycles.